The zero-order valence-electron chi connectivity index (χ0n) is 14.9. The normalized spacial score (nSPS) is 16.9. The molecule has 2 N–H and O–H groups in total. The number of hydrogen-bond acceptors (Lipinski definition) is 6. The van der Waals surface area contributed by atoms with Crippen LogP contribution in [0.1, 0.15) is 12.8 Å². The number of fused-ring (bicyclic) bond motifs is 1. The first-order valence-corrected chi connectivity index (χ1v) is 9.25. The van der Waals surface area contributed by atoms with E-state index in [-0.39, 0.29) is 23.6 Å². The van der Waals surface area contributed by atoms with E-state index in [0.29, 0.717) is 35.7 Å². The molecule has 1 atom stereocenters. The highest BCUT2D eigenvalue weighted by atomic mass is 35.5. The smallest absolute Gasteiger partial charge is 0.241 e. The zero-order valence-corrected chi connectivity index (χ0v) is 15.6. The predicted molar refractivity (Wildman–Crippen MR) is 102 cm³/mol. The summed E-state index contributed by atoms with van der Waals surface area (Å²) < 4.78 is 19.4. The molecule has 10 heteroatoms. The second-order valence-corrected chi connectivity index (χ2v) is 6.98. The maximum Gasteiger partial charge on any atom is 0.241 e. The Morgan fingerprint density at radius 3 is 3.14 bits per heavy atom. The molecule has 146 valence electrons. The van der Waals surface area contributed by atoms with Crippen LogP contribution in [0.2, 0.25) is 5.02 Å². The van der Waals surface area contributed by atoms with Gasteiger partial charge in [-0.25, -0.2) is 14.4 Å². The number of nitrogens with one attached hydrogen (secondary N) is 2. The lowest BCUT2D eigenvalue weighted by molar-refractivity contribution is -0.131. The largest absolute Gasteiger partial charge is 0.472 e. The van der Waals surface area contributed by atoms with Crippen molar-refractivity contribution in [3.05, 3.63) is 41.6 Å². The highest BCUT2D eigenvalue weighted by molar-refractivity contribution is 6.30. The summed E-state index contributed by atoms with van der Waals surface area (Å²) in [6.07, 6.45) is 4.50. The fourth-order valence-electron chi connectivity index (χ4n) is 3.20. The molecule has 2 aromatic heterocycles. The van der Waals surface area contributed by atoms with Crippen LogP contribution in [-0.4, -0.2) is 56.7 Å². The lowest BCUT2D eigenvalue weighted by Crippen LogP contribution is -2.46. The third-order valence-corrected chi connectivity index (χ3v) is 4.75. The number of nitrogens with zero attached hydrogens (tertiary/aromatic N) is 4. The first-order chi connectivity index (χ1) is 13.6. The second-order valence-electron chi connectivity index (χ2n) is 6.54. The van der Waals surface area contributed by atoms with Crippen LogP contribution in [0.15, 0.2) is 30.7 Å². The van der Waals surface area contributed by atoms with Crippen LogP contribution in [0.3, 0.4) is 0 Å². The third kappa shape index (κ3) is 4.14. The van der Waals surface area contributed by atoms with Gasteiger partial charge in [-0.2, -0.15) is 5.10 Å². The molecule has 1 fully saturated rings. The molecular weight excluding hydrogens is 387 g/mol. The number of benzene rings is 1. The molecule has 4 rings (SSSR count). The molecule has 0 bridgehead atoms. The molecule has 3 aromatic rings. The van der Waals surface area contributed by atoms with Gasteiger partial charge in [0.25, 0.3) is 0 Å². The van der Waals surface area contributed by atoms with Gasteiger partial charge in [-0.3, -0.25) is 9.89 Å². The van der Waals surface area contributed by atoms with Gasteiger partial charge in [0.05, 0.1) is 19.3 Å². The fraction of sp³-hybridized carbons (Fsp3) is 0.333. The molecule has 0 radical (unpaired) electrons. The van der Waals surface area contributed by atoms with Crippen molar-refractivity contribution in [2.45, 2.75) is 18.9 Å². The van der Waals surface area contributed by atoms with Gasteiger partial charge in [0.15, 0.2) is 5.65 Å². The summed E-state index contributed by atoms with van der Waals surface area (Å²) in [5.74, 6) is -0.0975. The van der Waals surface area contributed by atoms with Crippen LogP contribution in [0, 0.1) is 5.82 Å². The number of halogens is 2. The molecule has 3 heterocycles. The Morgan fingerprint density at radius 2 is 2.29 bits per heavy atom. The lowest BCUT2D eigenvalue weighted by atomic mass is 10.1. The number of amides is 1. The zero-order chi connectivity index (χ0) is 19.5. The number of aromatic nitrogens is 4. The van der Waals surface area contributed by atoms with Crippen molar-refractivity contribution in [1.29, 1.82) is 0 Å². The van der Waals surface area contributed by atoms with E-state index in [1.807, 2.05) is 0 Å². The number of anilines is 1. The van der Waals surface area contributed by atoms with E-state index in [4.69, 9.17) is 16.3 Å². The van der Waals surface area contributed by atoms with Crippen LogP contribution < -0.4 is 10.1 Å². The number of H-pyrrole nitrogens is 1. The molecule has 1 aliphatic heterocycles. The number of hydrogen-bond donors (Lipinski definition) is 2. The summed E-state index contributed by atoms with van der Waals surface area (Å²) in [6, 6.07) is 4.09. The molecule has 8 nitrogen and oxygen atoms in total. The van der Waals surface area contributed by atoms with Crippen LogP contribution in [0.25, 0.3) is 11.0 Å². The van der Waals surface area contributed by atoms with Crippen LogP contribution in [0.5, 0.6) is 5.88 Å². The van der Waals surface area contributed by atoms with E-state index in [1.165, 1.54) is 18.5 Å². The van der Waals surface area contributed by atoms with Gasteiger partial charge in [-0.1, -0.05) is 11.6 Å². The third-order valence-electron chi connectivity index (χ3n) is 4.53. The lowest BCUT2D eigenvalue weighted by Gasteiger charge is -2.32. The van der Waals surface area contributed by atoms with Gasteiger partial charge in [0, 0.05) is 17.3 Å². The Hall–Kier alpha value is -2.94. The molecule has 0 aliphatic carbocycles. The van der Waals surface area contributed by atoms with E-state index >= 15 is 0 Å². The Balaban J connectivity index is 1.36. The van der Waals surface area contributed by atoms with E-state index in [9.17, 15) is 9.18 Å². The van der Waals surface area contributed by atoms with Crippen LogP contribution in [-0.2, 0) is 4.79 Å². The van der Waals surface area contributed by atoms with Crippen molar-refractivity contribution in [3.8, 4) is 5.88 Å². The van der Waals surface area contributed by atoms with Gasteiger partial charge in [-0.05, 0) is 31.0 Å². The topological polar surface area (TPSA) is 96.0 Å². The number of aromatic amines is 1. The van der Waals surface area contributed by atoms with E-state index in [0.717, 1.165) is 12.8 Å². The molecule has 1 amide bonds. The summed E-state index contributed by atoms with van der Waals surface area (Å²) >= 11 is 5.83. The van der Waals surface area contributed by atoms with Crippen molar-refractivity contribution in [2.75, 3.05) is 25.0 Å². The standard InChI is InChI=1S/C18H18ClFN6O2/c19-11-4-12(20)6-13(5-11)21-8-16(27)26-3-1-2-14(9-26)28-18-15-7-24-25-17(15)22-10-23-18/h4-7,10,14,21H,1-3,8-9H2,(H,22,23,24,25). The monoisotopic (exact) mass is 404 g/mol. The average Bonchev–Trinajstić information content (AvgIpc) is 3.15. The Bertz CT molecular complexity index is 977. The number of likely N-dealkylation sites (tertiary alicyclic amines) is 1. The number of rotatable bonds is 5. The fourth-order valence-corrected chi connectivity index (χ4v) is 3.42. The second kappa shape index (κ2) is 7.97. The Labute approximate surface area is 165 Å². The summed E-state index contributed by atoms with van der Waals surface area (Å²) in [5.41, 5.74) is 1.07. The van der Waals surface area contributed by atoms with Gasteiger partial charge in [0.2, 0.25) is 11.8 Å². The van der Waals surface area contributed by atoms with Gasteiger partial charge >= 0.3 is 0 Å². The minimum absolute atomic E-state index is 0.0476. The van der Waals surface area contributed by atoms with E-state index < -0.39 is 5.82 Å². The summed E-state index contributed by atoms with van der Waals surface area (Å²) in [6.45, 7) is 1.15. The Kier molecular flexibility index (Phi) is 5.25. The van der Waals surface area contributed by atoms with Crippen molar-refractivity contribution >= 4 is 34.2 Å². The molecule has 1 saturated heterocycles. The van der Waals surface area contributed by atoms with Crippen molar-refractivity contribution in [1.82, 2.24) is 25.1 Å². The minimum Gasteiger partial charge on any atom is -0.472 e. The highest BCUT2D eigenvalue weighted by Gasteiger charge is 2.25. The van der Waals surface area contributed by atoms with E-state index in [1.54, 1.807) is 17.2 Å². The summed E-state index contributed by atoms with van der Waals surface area (Å²) in [5, 5.41) is 10.6. The molecule has 0 spiro atoms. The SMILES string of the molecule is O=C(CNc1cc(F)cc(Cl)c1)N1CCCC(Oc2ncnc3[nH]ncc23)C1. The maximum absolute atomic E-state index is 13.4. The van der Waals surface area contributed by atoms with Gasteiger partial charge in [-0.15, -0.1) is 0 Å². The molecule has 1 aliphatic rings. The Morgan fingerprint density at radius 1 is 1.39 bits per heavy atom. The first kappa shape index (κ1) is 18.4. The number of ether oxygens (including phenoxy) is 1. The quantitative estimate of drug-likeness (QED) is 0.678. The van der Waals surface area contributed by atoms with Crippen LogP contribution >= 0.6 is 11.6 Å². The predicted octanol–water partition coefficient (Wildman–Crippen LogP) is 2.63. The molecule has 28 heavy (non-hydrogen) atoms. The highest BCUT2D eigenvalue weighted by Crippen LogP contribution is 2.23. The first-order valence-electron chi connectivity index (χ1n) is 8.87. The molecule has 1 aromatic carbocycles. The average molecular weight is 405 g/mol. The van der Waals surface area contributed by atoms with Crippen molar-refractivity contribution in [3.63, 3.8) is 0 Å². The number of carbonyl (C=O) groups excluding carboxylic acids is 1. The van der Waals surface area contributed by atoms with Crippen molar-refractivity contribution < 1.29 is 13.9 Å². The number of carbonyl (C=O) groups is 1. The van der Waals surface area contributed by atoms with E-state index in [2.05, 4.69) is 25.5 Å². The summed E-state index contributed by atoms with van der Waals surface area (Å²) in [4.78, 5) is 22.5. The molecule has 0 saturated carbocycles. The van der Waals surface area contributed by atoms with Crippen molar-refractivity contribution in [2.24, 2.45) is 0 Å². The van der Waals surface area contributed by atoms with Crippen LogP contribution in [0.4, 0.5) is 10.1 Å². The summed E-state index contributed by atoms with van der Waals surface area (Å²) in [7, 11) is 0. The van der Waals surface area contributed by atoms with Gasteiger partial charge < -0.3 is 15.0 Å². The number of piperidine rings is 1. The molecular formula is C18H18ClFN6O2. The minimum atomic E-state index is -0.454. The van der Waals surface area contributed by atoms with Gasteiger partial charge in [0.1, 0.15) is 23.6 Å². The molecule has 1 unspecified atom stereocenters. The maximum atomic E-state index is 13.4.